The van der Waals surface area contributed by atoms with Crippen molar-refractivity contribution in [1.82, 2.24) is 5.32 Å². The van der Waals surface area contributed by atoms with Crippen LogP contribution in [-0.2, 0) is 9.59 Å². The zero-order valence-electron chi connectivity index (χ0n) is 15.0. The van der Waals surface area contributed by atoms with Gasteiger partial charge in [-0.05, 0) is 5.75 Å². The normalized spacial score (nSPS) is 15.6. The van der Waals surface area contributed by atoms with Gasteiger partial charge in [0.25, 0.3) is 0 Å². The highest BCUT2D eigenvalue weighted by molar-refractivity contribution is 7.99. The lowest BCUT2D eigenvalue weighted by Gasteiger charge is -2.33. The van der Waals surface area contributed by atoms with Gasteiger partial charge in [-0.15, -0.1) is 0 Å². The molecular formula is C14H19F9N2O4S. The number of carbonyl (C=O) groups is 2. The van der Waals surface area contributed by atoms with Crippen molar-refractivity contribution in [2.45, 2.75) is 61.9 Å². The van der Waals surface area contributed by atoms with Gasteiger partial charge < -0.3 is 21.3 Å². The third-order valence-corrected chi connectivity index (χ3v) is 4.52. The number of amides is 1. The molecule has 0 bridgehead atoms. The predicted octanol–water partition coefficient (Wildman–Crippen LogP) is 2.59. The first-order valence-corrected chi connectivity index (χ1v) is 9.23. The number of carboxylic acid groups (broad SMARTS) is 1. The highest BCUT2D eigenvalue weighted by atomic mass is 32.2. The van der Waals surface area contributed by atoms with Crippen molar-refractivity contribution in [3.05, 3.63) is 0 Å². The number of hydrogen-bond donors (Lipinski definition) is 4. The van der Waals surface area contributed by atoms with Crippen LogP contribution in [0.4, 0.5) is 39.5 Å². The number of thioether (sulfide) groups is 1. The van der Waals surface area contributed by atoms with E-state index < -0.39 is 73.1 Å². The van der Waals surface area contributed by atoms with Gasteiger partial charge in [-0.3, -0.25) is 9.59 Å². The number of nitrogens with one attached hydrogen (secondary N) is 1. The zero-order valence-corrected chi connectivity index (χ0v) is 15.8. The highest BCUT2D eigenvalue weighted by Gasteiger charge is 2.81. The minimum absolute atomic E-state index is 0.308. The van der Waals surface area contributed by atoms with Crippen LogP contribution in [0.15, 0.2) is 0 Å². The van der Waals surface area contributed by atoms with E-state index in [0.29, 0.717) is 11.8 Å². The Balaban J connectivity index is 4.42. The van der Waals surface area contributed by atoms with Crippen molar-refractivity contribution < 1.29 is 59.3 Å². The average molecular weight is 482 g/mol. The number of aliphatic hydroxyl groups is 1. The molecule has 178 valence electrons. The molecule has 0 spiro atoms. The van der Waals surface area contributed by atoms with E-state index in [1.54, 1.807) is 0 Å². The van der Waals surface area contributed by atoms with Crippen LogP contribution in [0.3, 0.4) is 0 Å². The van der Waals surface area contributed by atoms with E-state index in [0.717, 1.165) is 0 Å². The van der Waals surface area contributed by atoms with E-state index >= 15 is 0 Å². The number of aliphatic hydroxyl groups excluding tert-OH is 1. The second-order valence-corrected chi connectivity index (χ2v) is 7.37. The third-order valence-electron chi connectivity index (χ3n) is 3.53. The van der Waals surface area contributed by atoms with Gasteiger partial charge >= 0.3 is 29.9 Å². The number of rotatable bonds is 13. The molecule has 0 aromatic rings. The molecule has 0 aliphatic carbocycles. The third kappa shape index (κ3) is 8.02. The molecule has 5 N–H and O–H groups in total. The maximum absolute atomic E-state index is 13.3. The maximum Gasteiger partial charge on any atom is 0.460 e. The summed E-state index contributed by atoms with van der Waals surface area (Å²) >= 11 is 0.408. The Morgan fingerprint density at radius 3 is 1.97 bits per heavy atom. The molecule has 0 radical (unpaired) electrons. The van der Waals surface area contributed by atoms with Gasteiger partial charge in [-0.1, -0.05) is 0 Å². The van der Waals surface area contributed by atoms with Crippen LogP contribution in [0.5, 0.6) is 0 Å². The molecule has 0 saturated carbocycles. The van der Waals surface area contributed by atoms with E-state index in [9.17, 15) is 54.2 Å². The molecule has 0 rings (SSSR count). The monoisotopic (exact) mass is 482 g/mol. The molecule has 0 saturated heterocycles. The summed E-state index contributed by atoms with van der Waals surface area (Å²) in [5, 5.41) is 20.0. The van der Waals surface area contributed by atoms with Crippen LogP contribution >= 0.6 is 11.8 Å². The second kappa shape index (κ2) is 10.7. The lowest BCUT2D eigenvalue weighted by Crippen LogP contribution is -2.60. The molecule has 0 fully saturated rings. The number of halogens is 9. The average Bonchev–Trinajstić information content (AvgIpc) is 2.51. The van der Waals surface area contributed by atoms with E-state index in [2.05, 4.69) is 0 Å². The maximum atomic E-state index is 13.3. The number of carboxylic acids is 1. The molecular weight excluding hydrogens is 463 g/mol. The molecule has 30 heavy (non-hydrogen) atoms. The molecule has 1 amide bonds. The fraction of sp³-hybridized carbons (Fsp3) is 0.857. The summed E-state index contributed by atoms with van der Waals surface area (Å²) in [7, 11) is 0. The van der Waals surface area contributed by atoms with Gasteiger partial charge in [0.2, 0.25) is 5.91 Å². The summed E-state index contributed by atoms with van der Waals surface area (Å²) in [5.41, 5.74) is 5.37. The first-order valence-electron chi connectivity index (χ1n) is 8.08. The molecule has 6 nitrogen and oxygen atoms in total. The van der Waals surface area contributed by atoms with Gasteiger partial charge in [0.1, 0.15) is 6.23 Å². The van der Waals surface area contributed by atoms with Crippen LogP contribution < -0.4 is 11.1 Å². The summed E-state index contributed by atoms with van der Waals surface area (Å²) in [5.74, 6) is -22.6. The molecule has 2 atom stereocenters. The summed E-state index contributed by atoms with van der Waals surface area (Å²) in [6.45, 7) is 0. The van der Waals surface area contributed by atoms with Crippen molar-refractivity contribution in [1.29, 1.82) is 0 Å². The lowest BCUT2D eigenvalue weighted by atomic mass is 10.0. The predicted molar refractivity (Wildman–Crippen MR) is 86.4 cm³/mol. The van der Waals surface area contributed by atoms with Gasteiger partial charge in [0, 0.05) is 31.1 Å². The minimum atomic E-state index is -6.94. The van der Waals surface area contributed by atoms with Crippen molar-refractivity contribution in [3.8, 4) is 0 Å². The van der Waals surface area contributed by atoms with Crippen molar-refractivity contribution in [2.75, 3.05) is 11.5 Å². The second-order valence-electron chi connectivity index (χ2n) is 6.14. The standard InChI is InChI=1S/C14H19F9N2O4S/c15-11(16,12(17,18)13(19,20)14(21,22)23)2-4-30-3-1-8(26)25-9(27)5-7(24)6-10(28)29/h7,9,27H,1-6,24H2,(H,25,26)(H,28,29). The van der Waals surface area contributed by atoms with Crippen LogP contribution in [0.1, 0.15) is 25.7 Å². The van der Waals surface area contributed by atoms with Crippen LogP contribution in [0, 0.1) is 0 Å². The molecule has 0 aliphatic heterocycles. The van der Waals surface area contributed by atoms with Gasteiger partial charge in [-0.25, -0.2) is 0 Å². The van der Waals surface area contributed by atoms with Crippen molar-refractivity contribution in [3.63, 3.8) is 0 Å². The molecule has 0 aliphatic rings. The van der Waals surface area contributed by atoms with E-state index in [1.807, 2.05) is 5.32 Å². The Labute approximate surface area is 168 Å². The Bertz CT molecular complexity index is 590. The first-order chi connectivity index (χ1) is 13.3. The van der Waals surface area contributed by atoms with Crippen LogP contribution in [-0.4, -0.2) is 69.8 Å². The Morgan fingerprint density at radius 1 is 0.967 bits per heavy atom. The number of alkyl halides is 9. The highest BCUT2D eigenvalue weighted by Crippen LogP contribution is 2.54. The molecule has 0 aromatic heterocycles. The number of aliphatic carboxylic acids is 1. The molecule has 0 aromatic carbocycles. The summed E-state index contributed by atoms with van der Waals surface area (Å²) < 4.78 is 114. The topological polar surface area (TPSA) is 113 Å². The van der Waals surface area contributed by atoms with Crippen molar-refractivity contribution >= 4 is 23.6 Å². The quantitative estimate of drug-likeness (QED) is 0.182. The van der Waals surface area contributed by atoms with Crippen LogP contribution in [0.25, 0.3) is 0 Å². The van der Waals surface area contributed by atoms with E-state index in [4.69, 9.17) is 10.8 Å². The van der Waals surface area contributed by atoms with Gasteiger partial charge in [-0.2, -0.15) is 51.3 Å². The summed E-state index contributed by atoms with van der Waals surface area (Å²) in [6, 6.07) is -0.981. The largest absolute Gasteiger partial charge is 0.481 e. The zero-order chi connectivity index (χ0) is 24.0. The Morgan fingerprint density at radius 2 is 1.50 bits per heavy atom. The number of nitrogens with two attached hydrogens (primary N) is 1. The lowest BCUT2D eigenvalue weighted by molar-refractivity contribution is -0.396. The minimum Gasteiger partial charge on any atom is -0.481 e. The molecule has 0 heterocycles. The first kappa shape index (κ1) is 28.6. The fourth-order valence-electron chi connectivity index (χ4n) is 1.94. The summed E-state index contributed by atoms with van der Waals surface area (Å²) in [6.07, 6.45) is -11.7. The van der Waals surface area contributed by atoms with Gasteiger partial charge in [0.15, 0.2) is 0 Å². The smallest absolute Gasteiger partial charge is 0.460 e. The van der Waals surface area contributed by atoms with E-state index in [1.165, 1.54) is 0 Å². The SMILES string of the molecule is NC(CC(=O)O)CC(O)NC(=O)CCSCCC(F)(F)C(F)(F)C(F)(F)C(F)(F)F. The van der Waals surface area contributed by atoms with Crippen molar-refractivity contribution in [2.24, 2.45) is 5.73 Å². The Hall–Kier alpha value is -1.42. The fourth-order valence-corrected chi connectivity index (χ4v) is 2.88. The summed E-state index contributed by atoms with van der Waals surface area (Å²) in [4.78, 5) is 21.9. The van der Waals surface area contributed by atoms with Crippen LogP contribution in [0.2, 0.25) is 0 Å². The Kier molecular flexibility index (Phi) is 10.2. The van der Waals surface area contributed by atoms with Gasteiger partial charge in [0.05, 0.1) is 6.42 Å². The number of hydrogen-bond acceptors (Lipinski definition) is 5. The van der Waals surface area contributed by atoms with E-state index in [-0.39, 0.29) is 12.2 Å². The molecule has 16 heteroatoms. The molecule has 2 unspecified atom stereocenters. The number of carbonyl (C=O) groups excluding carboxylic acids is 1.